The Labute approximate surface area is 67.8 Å². The molecule has 2 fully saturated rings. The van der Waals surface area contributed by atoms with Crippen LogP contribution in [0.25, 0.3) is 0 Å². The second-order valence-electron chi connectivity index (χ2n) is 4.15. The molecular weight excluding hydrogens is 138 g/mol. The largest absolute Gasteiger partial charge is 0.392 e. The first-order chi connectivity index (χ1) is 5.26. The summed E-state index contributed by atoms with van der Waals surface area (Å²) in [4.78, 5) is 0. The number of hydrogen-bond donors (Lipinski definition) is 2. The van der Waals surface area contributed by atoms with E-state index in [1.54, 1.807) is 0 Å². The predicted molar refractivity (Wildman–Crippen MR) is 44.1 cm³/mol. The maximum Gasteiger partial charge on any atom is 0.0626 e. The summed E-state index contributed by atoms with van der Waals surface area (Å²) in [6.07, 6.45) is 6.94. The average Bonchev–Trinajstić information content (AvgIpc) is 2.07. The third kappa shape index (κ3) is 0.926. The standard InChI is InChI=1S/C9H17NO/c10-7-6-8(11)9(7)4-2-1-3-5-9/h7-8,11H,1-6,10H2. The molecule has 0 saturated heterocycles. The average molecular weight is 155 g/mol. The summed E-state index contributed by atoms with van der Waals surface area (Å²) < 4.78 is 0. The molecule has 0 aliphatic heterocycles. The van der Waals surface area contributed by atoms with Gasteiger partial charge in [0.15, 0.2) is 0 Å². The number of aliphatic hydroxyl groups excluding tert-OH is 1. The Morgan fingerprint density at radius 2 is 1.82 bits per heavy atom. The van der Waals surface area contributed by atoms with Crippen LogP contribution in [0.1, 0.15) is 38.5 Å². The van der Waals surface area contributed by atoms with Crippen LogP contribution in [0.3, 0.4) is 0 Å². The first kappa shape index (κ1) is 7.56. The lowest BCUT2D eigenvalue weighted by Crippen LogP contribution is -2.61. The Kier molecular flexibility index (Phi) is 1.69. The van der Waals surface area contributed by atoms with Crippen LogP contribution >= 0.6 is 0 Å². The van der Waals surface area contributed by atoms with Crippen LogP contribution in [0.2, 0.25) is 0 Å². The molecule has 2 rings (SSSR count). The van der Waals surface area contributed by atoms with Crippen molar-refractivity contribution in [2.24, 2.45) is 11.1 Å². The van der Waals surface area contributed by atoms with Crippen molar-refractivity contribution in [1.82, 2.24) is 0 Å². The zero-order chi connectivity index (χ0) is 7.90. The van der Waals surface area contributed by atoms with E-state index < -0.39 is 0 Å². The maximum atomic E-state index is 9.61. The molecule has 2 nitrogen and oxygen atoms in total. The van der Waals surface area contributed by atoms with E-state index in [2.05, 4.69) is 0 Å². The van der Waals surface area contributed by atoms with Gasteiger partial charge in [-0.15, -0.1) is 0 Å². The molecule has 2 aliphatic carbocycles. The number of nitrogens with two attached hydrogens (primary N) is 1. The minimum atomic E-state index is -0.0854. The van der Waals surface area contributed by atoms with Crippen LogP contribution < -0.4 is 5.73 Å². The van der Waals surface area contributed by atoms with Crippen molar-refractivity contribution in [2.75, 3.05) is 0 Å². The third-order valence-electron chi connectivity index (χ3n) is 3.66. The fourth-order valence-electron chi connectivity index (χ4n) is 2.71. The number of hydrogen-bond acceptors (Lipinski definition) is 2. The lowest BCUT2D eigenvalue weighted by Gasteiger charge is -2.54. The van der Waals surface area contributed by atoms with Crippen molar-refractivity contribution in [3.8, 4) is 0 Å². The Hall–Kier alpha value is -0.0800. The predicted octanol–water partition coefficient (Wildman–Crippen LogP) is 1.03. The van der Waals surface area contributed by atoms with Crippen LogP contribution in [0, 0.1) is 5.41 Å². The molecule has 0 aromatic carbocycles. The molecule has 2 unspecified atom stereocenters. The normalized spacial score (nSPS) is 42.0. The topological polar surface area (TPSA) is 46.2 Å². The van der Waals surface area contributed by atoms with Gasteiger partial charge in [0.25, 0.3) is 0 Å². The van der Waals surface area contributed by atoms with Gasteiger partial charge >= 0.3 is 0 Å². The van der Waals surface area contributed by atoms with E-state index in [1.165, 1.54) is 19.3 Å². The zero-order valence-corrected chi connectivity index (χ0v) is 6.92. The Morgan fingerprint density at radius 3 is 2.18 bits per heavy atom. The van der Waals surface area contributed by atoms with E-state index in [1.807, 2.05) is 0 Å². The smallest absolute Gasteiger partial charge is 0.0626 e. The van der Waals surface area contributed by atoms with Gasteiger partial charge in [-0.3, -0.25) is 0 Å². The molecule has 3 N–H and O–H groups in total. The molecule has 1 spiro atoms. The van der Waals surface area contributed by atoms with Crippen LogP contribution in [-0.2, 0) is 0 Å². The van der Waals surface area contributed by atoms with Gasteiger partial charge in [0.05, 0.1) is 6.10 Å². The highest BCUT2D eigenvalue weighted by Crippen LogP contribution is 2.50. The fraction of sp³-hybridized carbons (Fsp3) is 1.00. The molecule has 0 heterocycles. The highest BCUT2D eigenvalue weighted by Gasteiger charge is 2.52. The van der Waals surface area contributed by atoms with Gasteiger partial charge in [0, 0.05) is 11.5 Å². The summed E-state index contributed by atoms with van der Waals surface area (Å²) in [5.74, 6) is 0. The van der Waals surface area contributed by atoms with Crippen LogP contribution in [0.5, 0.6) is 0 Å². The second kappa shape index (κ2) is 2.46. The molecule has 2 aliphatic rings. The van der Waals surface area contributed by atoms with E-state index in [-0.39, 0.29) is 17.6 Å². The van der Waals surface area contributed by atoms with Crippen molar-refractivity contribution in [2.45, 2.75) is 50.7 Å². The number of aliphatic hydroxyl groups is 1. The molecule has 2 atom stereocenters. The second-order valence-corrected chi connectivity index (χ2v) is 4.15. The summed E-state index contributed by atoms with van der Waals surface area (Å²) in [5, 5.41) is 9.61. The molecule has 0 radical (unpaired) electrons. The first-order valence-electron chi connectivity index (χ1n) is 4.69. The van der Waals surface area contributed by atoms with E-state index >= 15 is 0 Å². The fourth-order valence-corrected chi connectivity index (χ4v) is 2.71. The molecule has 2 saturated carbocycles. The highest BCUT2D eigenvalue weighted by atomic mass is 16.3. The first-order valence-corrected chi connectivity index (χ1v) is 4.69. The molecule has 0 bridgehead atoms. The van der Waals surface area contributed by atoms with Gasteiger partial charge in [-0.1, -0.05) is 19.3 Å². The lowest BCUT2D eigenvalue weighted by molar-refractivity contribution is -0.105. The summed E-state index contributed by atoms with van der Waals surface area (Å²) in [6.45, 7) is 0. The molecule has 0 aromatic heterocycles. The van der Waals surface area contributed by atoms with Gasteiger partial charge in [-0.2, -0.15) is 0 Å². The van der Waals surface area contributed by atoms with Crippen molar-refractivity contribution in [3.05, 3.63) is 0 Å². The monoisotopic (exact) mass is 155 g/mol. The molecular formula is C9H17NO. The minimum Gasteiger partial charge on any atom is -0.392 e. The SMILES string of the molecule is NC1CC(O)C12CCCCC2. The van der Waals surface area contributed by atoms with E-state index in [0.29, 0.717) is 0 Å². The lowest BCUT2D eigenvalue weighted by atomic mass is 9.55. The number of rotatable bonds is 0. The van der Waals surface area contributed by atoms with E-state index in [9.17, 15) is 5.11 Å². The Balaban J connectivity index is 2.06. The van der Waals surface area contributed by atoms with Gasteiger partial charge < -0.3 is 10.8 Å². The van der Waals surface area contributed by atoms with Crippen molar-refractivity contribution in [1.29, 1.82) is 0 Å². The van der Waals surface area contributed by atoms with Crippen LogP contribution in [-0.4, -0.2) is 17.3 Å². The quantitative estimate of drug-likeness (QED) is 0.549. The van der Waals surface area contributed by atoms with Crippen molar-refractivity contribution >= 4 is 0 Å². The molecule has 11 heavy (non-hydrogen) atoms. The third-order valence-corrected chi connectivity index (χ3v) is 3.66. The Morgan fingerprint density at radius 1 is 1.18 bits per heavy atom. The minimum absolute atomic E-state index is 0.0854. The molecule has 2 heteroatoms. The van der Waals surface area contributed by atoms with Crippen LogP contribution in [0.4, 0.5) is 0 Å². The summed E-state index contributed by atoms with van der Waals surface area (Å²) in [6, 6.07) is 0.290. The van der Waals surface area contributed by atoms with E-state index in [0.717, 1.165) is 19.3 Å². The van der Waals surface area contributed by atoms with Gasteiger partial charge in [-0.05, 0) is 19.3 Å². The molecule has 64 valence electrons. The molecule has 0 amide bonds. The summed E-state index contributed by atoms with van der Waals surface area (Å²) >= 11 is 0. The maximum absolute atomic E-state index is 9.61. The molecule has 0 aromatic rings. The highest BCUT2D eigenvalue weighted by molar-refractivity contribution is 5.06. The van der Waals surface area contributed by atoms with Crippen molar-refractivity contribution < 1.29 is 5.11 Å². The summed E-state index contributed by atoms with van der Waals surface area (Å²) in [7, 11) is 0. The summed E-state index contributed by atoms with van der Waals surface area (Å²) in [5.41, 5.74) is 6.07. The van der Waals surface area contributed by atoms with Crippen molar-refractivity contribution in [3.63, 3.8) is 0 Å². The zero-order valence-electron chi connectivity index (χ0n) is 6.92. The van der Waals surface area contributed by atoms with Gasteiger partial charge in [0.1, 0.15) is 0 Å². The van der Waals surface area contributed by atoms with Crippen LogP contribution in [0.15, 0.2) is 0 Å². The van der Waals surface area contributed by atoms with E-state index in [4.69, 9.17) is 5.73 Å². The Bertz CT molecular complexity index is 142. The van der Waals surface area contributed by atoms with Gasteiger partial charge in [0.2, 0.25) is 0 Å². The van der Waals surface area contributed by atoms with Gasteiger partial charge in [-0.25, -0.2) is 0 Å².